The van der Waals surface area contributed by atoms with Gasteiger partial charge in [0.25, 0.3) is 8.53 Å². The van der Waals surface area contributed by atoms with Crippen LogP contribution in [0.3, 0.4) is 0 Å². The van der Waals surface area contributed by atoms with E-state index in [4.69, 9.17) is 44.0 Å². The fourth-order valence-electron chi connectivity index (χ4n) is 13.3. The van der Waals surface area contributed by atoms with Crippen LogP contribution in [0.2, 0.25) is 0 Å². The summed E-state index contributed by atoms with van der Waals surface area (Å²) in [6.45, 7) is 23.9. The van der Waals surface area contributed by atoms with Crippen LogP contribution < -0.4 is 14.8 Å². The van der Waals surface area contributed by atoms with Gasteiger partial charge in [-0.15, -0.1) is 0 Å². The zero-order valence-corrected chi connectivity index (χ0v) is 62.7. The van der Waals surface area contributed by atoms with E-state index >= 15 is 0 Å². The molecule has 1 N–H and O–H groups in total. The number of amides is 2. The number of methoxy groups -OCH3 is 2. The molecule has 4 rings (SSSR count). The molecule has 4 atom stereocenters. The van der Waals surface area contributed by atoms with Crippen molar-refractivity contribution in [2.24, 2.45) is 0 Å². The van der Waals surface area contributed by atoms with E-state index in [-0.39, 0.29) is 62.6 Å². The second-order valence-electron chi connectivity index (χ2n) is 27.5. The van der Waals surface area contributed by atoms with Crippen molar-refractivity contribution in [3.05, 3.63) is 107 Å². The van der Waals surface area contributed by atoms with Crippen LogP contribution in [0.1, 0.15) is 296 Å². The summed E-state index contributed by atoms with van der Waals surface area (Å²) in [4.78, 5) is 33.4. The molecule has 1 saturated heterocycles. The highest BCUT2D eigenvalue weighted by atomic mass is 31.2. The van der Waals surface area contributed by atoms with E-state index < -0.39 is 20.2 Å². The fraction of sp³-hybridized carbons (Fsp3) is 0.741. The molecule has 1 fully saturated rings. The van der Waals surface area contributed by atoms with Gasteiger partial charge in [-0.3, -0.25) is 4.79 Å². The molecule has 2 amide bonds. The molecular weight excluding hydrogens is 1220 g/mol. The Morgan fingerprint density at radius 3 is 1.48 bits per heavy atom. The van der Waals surface area contributed by atoms with Gasteiger partial charge >= 0.3 is 6.09 Å². The molecular formula is C81H135N4O10P. The molecule has 1 aliphatic heterocycles. The second-order valence-corrected chi connectivity index (χ2v) is 28.9. The molecule has 0 aliphatic carbocycles. The van der Waals surface area contributed by atoms with Crippen LogP contribution >= 0.6 is 8.53 Å². The van der Waals surface area contributed by atoms with Crippen molar-refractivity contribution in [1.82, 2.24) is 14.9 Å². The van der Waals surface area contributed by atoms with Gasteiger partial charge in [-0.1, -0.05) is 267 Å². The zero-order valence-electron chi connectivity index (χ0n) is 61.8. The van der Waals surface area contributed by atoms with E-state index in [2.05, 4.69) is 68.5 Å². The lowest BCUT2D eigenvalue weighted by Crippen LogP contribution is -2.42. The number of rotatable bonds is 61. The van der Waals surface area contributed by atoms with Gasteiger partial charge in [0.2, 0.25) is 12.5 Å². The Labute approximate surface area is 586 Å². The monoisotopic (exact) mass is 1350 g/mol. The van der Waals surface area contributed by atoms with Gasteiger partial charge in [0.15, 0.2) is 0 Å². The van der Waals surface area contributed by atoms with Crippen LogP contribution in [0, 0.1) is 6.57 Å². The molecule has 3 aromatic carbocycles. The summed E-state index contributed by atoms with van der Waals surface area (Å²) in [7, 11) is 1.76. The molecule has 0 bridgehead atoms. The van der Waals surface area contributed by atoms with Crippen LogP contribution in [-0.2, 0) is 38.4 Å². The van der Waals surface area contributed by atoms with Crippen LogP contribution in [0.15, 0.2) is 78.9 Å². The minimum Gasteiger partial charge on any atom is -0.497 e. The molecule has 15 heteroatoms. The third kappa shape index (κ3) is 35.1. The number of carbonyl (C=O) groups excluding carboxylic acids is 2. The molecule has 0 radical (unpaired) electrons. The Kier molecular flexibility index (Phi) is 47.7. The van der Waals surface area contributed by atoms with Crippen molar-refractivity contribution in [3.63, 3.8) is 0 Å². The number of alkyl carbamates (subject to hydrolysis) is 1. The number of hydrogen-bond donors (Lipinski definition) is 1. The zero-order chi connectivity index (χ0) is 69.0. The summed E-state index contributed by atoms with van der Waals surface area (Å²) in [6.07, 6.45) is 44.4. The maximum absolute atomic E-state index is 14.7. The molecule has 96 heavy (non-hydrogen) atoms. The van der Waals surface area contributed by atoms with Gasteiger partial charge in [-0.2, -0.15) is 0 Å². The summed E-state index contributed by atoms with van der Waals surface area (Å²) >= 11 is 0. The molecule has 0 saturated carbocycles. The number of nitrogens with one attached hydrogen (secondary N) is 1. The largest absolute Gasteiger partial charge is 0.497 e. The Hall–Kier alpha value is -4.32. The number of unbranched alkanes of at least 4 members (excludes halogenated alkanes) is 32. The van der Waals surface area contributed by atoms with E-state index in [0.29, 0.717) is 58.6 Å². The summed E-state index contributed by atoms with van der Waals surface area (Å²) < 4.78 is 52.6. The predicted octanol–water partition coefficient (Wildman–Crippen LogP) is 21.5. The van der Waals surface area contributed by atoms with Crippen molar-refractivity contribution in [3.8, 4) is 11.5 Å². The topological polar surface area (TPSA) is 131 Å². The van der Waals surface area contributed by atoms with Gasteiger partial charge in [-0.05, 0) is 101 Å². The third-order valence-electron chi connectivity index (χ3n) is 18.8. The molecule has 0 spiro atoms. The Bertz CT molecular complexity index is 2340. The number of hydrogen-bond acceptors (Lipinski definition) is 11. The molecule has 2 unspecified atom stereocenters. The summed E-state index contributed by atoms with van der Waals surface area (Å²) in [5.74, 6) is 1.48. The Morgan fingerprint density at radius 1 is 0.573 bits per heavy atom. The normalized spacial score (nSPS) is 14.8. The van der Waals surface area contributed by atoms with Crippen LogP contribution in [0.25, 0.3) is 4.85 Å². The molecule has 14 nitrogen and oxygen atoms in total. The Balaban J connectivity index is 1.30. The number of likely N-dealkylation sites (tertiary alicyclic amines) is 1. The minimum absolute atomic E-state index is 0.0202. The Morgan fingerprint density at radius 2 is 1.02 bits per heavy atom. The highest BCUT2D eigenvalue weighted by Crippen LogP contribution is 2.49. The first kappa shape index (κ1) is 84.1. The van der Waals surface area contributed by atoms with E-state index in [9.17, 15) is 9.59 Å². The molecule has 3 aromatic rings. The van der Waals surface area contributed by atoms with E-state index in [0.717, 1.165) is 53.9 Å². The SMILES string of the molecule is [C-]#[N+]CCOP(O[C@@H]1C[C@H](COC(c2ccccc2)(c2ccc(OC)cc2)c2ccc(OC)cc2)N(C(=O)CCCCCNC(=O)OCC(COCCCCCCCCCCCCCCCCCC)OCCCCCCCCCCCCCCCCCC)C1)N(C(C)C)C(C)C. The van der Waals surface area contributed by atoms with Gasteiger partial charge in [0, 0.05) is 44.8 Å². The fourth-order valence-corrected chi connectivity index (χ4v) is 15.0. The highest BCUT2D eigenvalue weighted by molar-refractivity contribution is 7.44. The van der Waals surface area contributed by atoms with Crippen LogP contribution in [0.4, 0.5) is 4.79 Å². The van der Waals surface area contributed by atoms with Gasteiger partial charge in [0.1, 0.15) is 36.4 Å². The van der Waals surface area contributed by atoms with Crippen molar-refractivity contribution in [2.45, 2.75) is 315 Å². The third-order valence-corrected chi connectivity index (χ3v) is 21.0. The number of ether oxygens (including phenoxy) is 6. The first-order valence-electron chi connectivity index (χ1n) is 38.6. The second kappa shape index (κ2) is 54.5. The average molecular weight is 1360 g/mol. The van der Waals surface area contributed by atoms with Gasteiger partial charge in [0.05, 0.1) is 39.6 Å². The number of benzene rings is 3. The minimum atomic E-state index is -1.56. The van der Waals surface area contributed by atoms with Crippen LogP contribution in [0.5, 0.6) is 11.5 Å². The highest BCUT2D eigenvalue weighted by Gasteiger charge is 2.43. The summed E-state index contributed by atoms with van der Waals surface area (Å²) in [5.41, 5.74) is 1.66. The maximum Gasteiger partial charge on any atom is 0.407 e. The number of carbonyl (C=O) groups is 2. The van der Waals surface area contributed by atoms with Gasteiger partial charge in [-0.25, -0.2) is 16.0 Å². The van der Waals surface area contributed by atoms with Crippen molar-refractivity contribution >= 4 is 20.5 Å². The van der Waals surface area contributed by atoms with Crippen LogP contribution in [-0.4, -0.2) is 125 Å². The van der Waals surface area contributed by atoms with Crippen molar-refractivity contribution < 1.29 is 47.1 Å². The van der Waals surface area contributed by atoms with E-state index in [1.165, 1.54) is 186 Å². The maximum atomic E-state index is 14.7. The van der Waals surface area contributed by atoms with Crippen molar-refractivity contribution in [2.75, 3.05) is 73.5 Å². The van der Waals surface area contributed by atoms with E-state index in [1.807, 2.05) is 71.6 Å². The summed E-state index contributed by atoms with van der Waals surface area (Å²) in [5, 5.41) is 2.96. The standard InChI is InChI=1S/C81H135N4O10P/c1-10-12-14-16-18-20-22-24-26-28-30-32-34-36-38-46-61-90-67-78(91-62-47-39-37-35-33-31-29-27-25-23-21-19-17-15-13-11-2)68-92-80(87)83-59-45-41-44-50-79(86)84-65-77(95-96(94-63-60-82-7)85(69(3)4)70(5)6)64-74(84)66-93-81(71-48-42-40-43-49-71,72-51-55-75(88-8)56-52-72)73-53-57-76(89-9)58-54-73/h40,42-43,48-49,51-58,69-70,74,77-78H,10-39,41,44-47,50,59-68H2,1-6,8-9H3,(H,83,87)/t74-,77-,78?,96?/m1/s1. The lowest BCUT2D eigenvalue weighted by molar-refractivity contribution is -0.134. The quantitative estimate of drug-likeness (QED) is 0.0251. The van der Waals surface area contributed by atoms with Gasteiger partial charge < -0.3 is 52.5 Å². The average Bonchev–Trinajstić information content (AvgIpc) is 0.802. The molecule has 544 valence electrons. The molecule has 1 aliphatic rings. The molecule has 1 heterocycles. The molecule has 0 aromatic heterocycles. The smallest absolute Gasteiger partial charge is 0.407 e. The number of nitrogens with zero attached hydrogens (tertiary/aromatic N) is 3. The predicted molar refractivity (Wildman–Crippen MR) is 397 cm³/mol. The summed E-state index contributed by atoms with van der Waals surface area (Å²) in [6, 6.07) is 26.1. The van der Waals surface area contributed by atoms with Crippen molar-refractivity contribution in [1.29, 1.82) is 0 Å². The lowest BCUT2D eigenvalue weighted by atomic mass is 9.80. The van der Waals surface area contributed by atoms with E-state index in [1.54, 1.807) is 14.2 Å². The first-order chi connectivity index (χ1) is 47.0. The first-order valence-corrected chi connectivity index (χ1v) is 39.7. The lowest BCUT2D eigenvalue weighted by Gasteiger charge is -2.38.